The predicted octanol–water partition coefficient (Wildman–Crippen LogP) is 3.18. The molecule has 1 heterocycles. The third kappa shape index (κ3) is 1.76. The molecule has 0 aliphatic carbocycles. The molecule has 5 heteroatoms. The van der Waals surface area contributed by atoms with Crippen LogP contribution in [0.4, 0.5) is 5.69 Å². The summed E-state index contributed by atoms with van der Waals surface area (Å²) in [6, 6.07) is 7.07. The molecule has 0 saturated heterocycles. The number of carbonyl (C=O) groups excluding carboxylic acids is 1. The lowest BCUT2D eigenvalue weighted by Gasteiger charge is -2.02. The Morgan fingerprint density at radius 3 is 2.56 bits per heavy atom. The predicted molar refractivity (Wildman–Crippen MR) is 62.5 cm³/mol. The van der Waals surface area contributed by atoms with Gasteiger partial charge in [0.1, 0.15) is 5.69 Å². The normalized spacial score (nSPS) is 23.3. The minimum atomic E-state index is -1.04. The van der Waals surface area contributed by atoms with Crippen LogP contribution in [0.5, 0.6) is 0 Å². The number of hydrogen-bond acceptors (Lipinski definition) is 4. The fourth-order valence-corrected chi connectivity index (χ4v) is 1.55. The number of halogens is 1. The second-order valence-electron chi connectivity index (χ2n) is 3.58. The quantitative estimate of drug-likeness (QED) is 0.743. The molecule has 4 nitrogen and oxygen atoms in total. The molecule has 16 heavy (non-hydrogen) atoms. The van der Waals surface area contributed by atoms with Crippen molar-refractivity contribution in [2.24, 2.45) is 15.2 Å². The molecule has 1 aromatic carbocycles. The van der Waals surface area contributed by atoms with Crippen molar-refractivity contribution in [3.63, 3.8) is 0 Å². The Balaban J connectivity index is 2.23. The third-order valence-corrected chi connectivity index (χ3v) is 2.75. The maximum Gasteiger partial charge on any atom is 0.266 e. The summed E-state index contributed by atoms with van der Waals surface area (Å²) in [7, 11) is 0. The lowest BCUT2D eigenvalue weighted by Crippen LogP contribution is -2.23. The molecule has 2 rings (SSSR count). The van der Waals surface area contributed by atoms with Crippen molar-refractivity contribution in [2.75, 3.05) is 0 Å². The van der Waals surface area contributed by atoms with Crippen LogP contribution in [0.15, 0.2) is 39.5 Å². The number of azo groups is 1. The van der Waals surface area contributed by atoms with Crippen LogP contribution in [0, 0.1) is 0 Å². The van der Waals surface area contributed by atoms with Gasteiger partial charge in [0.25, 0.3) is 5.66 Å². The first kappa shape index (κ1) is 11.0. The standard InChI is InChI=1S/C11H10ClN3O/c1-7-11(13-7,8(2)16)15-14-10-6-4-3-5-9(10)12/h3-6H,1-2H3. The molecule has 1 aliphatic heterocycles. The van der Waals surface area contributed by atoms with Crippen LogP contribution in [-0.2, 0) is 4.79 Å². The fraction of sp³-hybridized carbons (Fsp3) is 0.273. The number of hydrogen-bond donors (Lipinski definition) is 0. The first-order chi connectivity index (χ1) is 7.56. The number of Topliss-reactive ketones (excluding diaryl/α,β-unsaturated/α-hetero) is 1. The van der Waals surface area contributed by atoms with Crippen LogP contribution >= 0.6 is 11.6 Å². The molecule has 0 amide bonds. The van der Waals surface area contributed by atoms with E-state index < -0.39 is 5.66 Å². The van der Waals surface area contributed by atoms with Gasteiger partial charge in [-0.2, -0.15) is 5.11 Å². The van der Waals surface area contributed by atoms with Gasteiger partial charge in [-0.1, -0.05) is 23.7 Å². The Bertz CT molecular complexity index is 510. The van der Waals surface area contributed by atoms with Crippen LogP contribution < -0.4 is 0 Å². The maximum atomic E-state index is 11.3. The molecule has 0 N–H and O–H groups in total. The minimum absolute atomic E-state index is 0.124. The molecule has 0 spiro atoms. The van der Waals surface area contributed by atoms with Gasteiger partial charge < -0.3 is 0 Å². The van der Waals surface area contributed by atoms with E-state index in [1.807, 2.05) is 0 Å². The van der Waals surface area contributed by atoms with Gasteiger partial charge in [-0.25, -0.2) is 4.99 Å². The van der Waals surface area contributed by atoms with Gasteiger partial charge in [0.15, 0.2) is 5.78 Å². The monoisotopic (exact) mass is 235 g/mol. The molecule has 0 radical (unpaired) electrons. The highest BCUT2D eigenvalue weighted by Gasteiger charge is 2.50. The highest BCUT2D eigenvalue weighted by atomic mass is 35.5. The van der Waals surface area contributed by atoms with Gasteiger partial charge in [0, 0.05) is 0 Å². The molecule has 0 bridgehead atoms. The van der Waals surface area contributed by atoms with Crippen LogP contribution in [0.1, 0.15) is 13.8 Å². The highest BCUT2D eigenvalue weighted by Crippen LogP contribution is 2.33. The van der Waals surface area contributed by atoms with E-state index in [-0.39, 0.29) is 5.78 Å². The van der Waals surface area contributed by atoms with Crippen molar-refractivity contribution in [1.82, 2.24) is 0 Å². The molecule has 82 valence electrons. The van der Waals surface area contributed by atoms with E-state index in [1.165, 1.54) is 6.92 Å². The van der Waals surface area contributed by atoms with Crippen LogP contribution in [0.3, 0.4) is 0 Å². The molecule has 1 aliphatic rings. The summed E-state index contributed by atoms with van der Waals surface area (Å²) in [5.74, 6) is -0.124. The summed E-state index contributed by atoms with van der Waals surface area (Å²) in [4.78, 5) is 15.3. The van der Waals surface area contributed by atoms with Crippen LogP contribution in [0.2, 0.25) is 5.02 Å². The first-order valence-corrected chi connectivity index (χ1v) is 5.19. The van der Waals surface area contributed by atoms with E-state index >= 15 is 0 Å². The lowest BCUT2D eigenvalue weighted by molar-refractivity contribution is -0.118. The van der Waals surface area contributed by atoms with Gasteiger partial charge in [0.05, 0.1) is 10.7 Å². The van der Waals surface area contributed by atoms with Crippen molar-refractivity contribution < 1.29 is 4.79 Å². The number of benzene rings is 1. The van der Waals surface area contributed by atoms with Gasteiger partial charge in [0.2, 0.25) is 0 Å². The Morgan fingerprint density at radius 1 is 1.44 bits per heavy atom. The largest absolute Gasteiger partial charge is 0.295 e. The van der Waals surface area contributed by atoms with E-state index in [0.717, 1.165) is 0 Å². The number of ketones is 1. The number of aliphatic imine (C=N–C) groups is 1. The topological polar surface area (TPSA) is 54.1 Å². The molecular formula is C11H10ClN3O. The Labute approximate surface area is 98.1 Å². The zero-order valence-electron chi connectivity index (χ0n) is 8.94. The average molecular weight is 236 g/mol. The van der Waals surface area contributed by atoms with Gasteiger partial charge in [-0.15, -0.1) is 5.11 Å². The SMILES string of the molecule is CC(=O)C1(N=Nc2ccccc2Cl)N=C1C. The Hall–Kier alpha value is -1.55. The number of rotatable bonds is 3. The molecule has 0 fully saturated rings. The van der Waals surface area contributed by atoms with Gasteiger partial charge in [-0.05, 0) is 26.0 Å². The summed E-state index contributed by atoms with van der Waals surface area (Å²) < 4.78 is 0. The highest BCUT2D eigenvalue weighted by molar-refractivity contribution is 6.32. The van der Waals surface area contributed by atoms with E-state index in [1.54, 1.807) is 31.2 Å². The number of nitrogens with zero attached hydrogens (tertiary/aromatic N) is 3. The molecule has 0 aromatic heterocycles. The van der Waals surface area contributed by atoms with Gasteiger partial charge in [-0.3, -0.25) is 4.79 Å². The minimum Gasteiger partial charge on any atom is -0.295 e. The first-order valence-electron chi connectivity index (χ1n) is 4.81. The molecule has 0 saturated carbocycles. The van der Waals surface area contributed by atoms with E-state index in [2.05, 4.69) is 15.2 Å². The second-order valence-corrected chi connectivity index (χ2v) is 3.98. The van der Waals surface area contributed by atoms with E-state index in [0.29, 0.717) is 16.4 Å². The lowest BCUT2D eigenvalue weighted by atomic mass is 10.1. The fourth-order valence-electron chi connectivity index (χ4n) is 1.37. The van der Waals surface area contributed by atoms with E-state index in [9.17, 15) is 4.79 Å². The van der Waals surface area contributed by atoms with Crippen LogP contribution in [0.25, 0.3) is 0 Å². The van der Waals surface area contributed by atoms with Gasteiger partial charge >= 0.3 is 0 Å². The zero-order chi connectivity index (χ0) is 11.8. The smallest absolute Gasteiger partial charge is 0.266 e. The molecule has 1 atom stereocenters. The third-order valence-electron chi connectivity index (χ3n) is 2.43. The van der Waals surface area contributed by atoms with Crippen molar-refractivity contribution in [2.45, 2.75) is 19.5 Å². The molecular weight excluding hydrogens is 226 g/mol. The summed E-state index contributed by atoms with van der Waals surface area (Å²) >= 11 is 5.91. The summed E-state index contributed by atoms with van der Waals surface area (Å²) in [5.41, 5.74) is 0.189. The zero-order valence-corrected chi connectivity index (χ0v) is 9.69. The Kier molecular flexibility index (Phi) is 2.59. The van der Waals surface area contributed by atoms with Crippen molar-refractivity contribution >= 4 is 28.8 Å². The average Bonchev–Trinajstić information content (AvgIpc) is 2.90. The summed E-state index contributed by atoms with van der Waals surface area (Å²) in [5, 5.41) is 8.44. The van der Waals surface area contributed by atoms with Crippen molar-refractivity contribution in [3.05, 3.63) is 29.3 Å². The van der Waals surface area contributed by atoms with E-state index in [4.69, 9.17) is 11.6 Å². The second kappa shape index (κ2) is 3.79. The van der Waals surface area contributed by atoms with Crippen LogP contribution in [-0.4, -0.2) is 17.2 Å². The molecule has 1 unspecified atom stereocenters. The summed E-state index contributed by atoms with van der Waals surface area (Å²) in [6.45, 7) is 3.21. The molecule has 1 aromatic rings. The van der Waals surface area contributed by atoms with Crippen molar-refractivity contribution in [1.29, 1.82) is 0 Å². The number of carbonyl (C=O) groups is 1. The van der Waals surface area contributed by atoms with Crippen molar-refractivity contribution in [3.8, 4) is 0 Å². The Morgan fingerprint density at radius 2 is 2.06 bits per heavy atom. The maximum absolute atomic E-state index is 11.3. The summed E-state index contributed by atoms with van der Waals surface area (Å²) in [6.07, 6.45) is 0.